The van der Waals surface area contributed by atoms with Crippen molar-refractivity contribution in [2.75, 3.05) is 6.67 Å². The molecule has 0 aliphatic heterocycles. The summed E-state index contributed by atoms with van der Waals surface area (Å²) in [6, 6.07) is 0. The summed E-state index contributed by atoms with van der Waals surface area (Å²) >= 11 is 0. The molecule has 0 heterocycles. The third kappa shape index (κ3) is 4.64. The fourth-order valence-electron chi connectivity index (χ4n) is 0.971. The normalized spacial score (nSPS) is 13.1. The van der Waals surface area contributed by atoms with Crippen molar-refractivity contribution >= 4 is 11.8 Å². The highest BCUT2D eigenvalue weighted by atomic mass is 16.2. The zero-order valence-corrected chi connectivity index (χ0v) is 11.0. The average Bonchev–Trinajstić information content (AvgIpc) is 2.27. The topological polar surface area (TPSA) is 58.2 Å². The zero-order chi connectivity index (χ0) is 12.8. The van der Waals surface area contributed by atoms with Crippen LogP contribution in [0.4, 0.5) is 0 Å². The minimum Gasteiger partial charge on any atom is -0.338 e. The van der Waals surface area contributed by atoms with Gasteiger partial charge in [0.2, 0.25) is 11.8 Å². The minimum absolute atomic E-state index is 0.00362. The highest BCUT2D eigenvalue weighted by Gasteiger charge is 2.24. The summed E-state index contributed by atoms with van der Waals surface area (Å²) in [7, 11) is 0. The molecule has 0 spiro atoms. The molecule has 0 aromatic carbocycles. The third-order valence-corrected chi connectivity index (χ3v) is 3.07. The highest BCUT2D eigenvalue weighted by molar-refractivity contribution is 5.82. The van der Waals surface area contributed by atoms with E-state index in [4.69, 9.17) is 0 Å². The highest BCUT2D eigenvalue weighted by Crippen LogP contribution is 2.18. The fourth-order valence-corrected chi connectivity index (χ4v) is 0.971. The Balaban J connectivity index is 3.92. The lowest BCUT2D eigenvalue weighted by atomic mass is 9.89. The summed E-state index contributed by atoms with van der Waals surface area (Å²) in [4.78, 5) is 23.1. The molecule has 0 saturated heterocycles. The summed E-state index contributed by atoms with van der Waals surface area (Å²) < 4.78 is 0. The van der Waals surface area contributed by atoms with E-state index in [1.807, 2.05) is 34.6 Å². The van der Waals surface area contributed by atoms with Crippen LogP contribution >= 0.6 is 0 Å². The quantitative estimate of drug-likeness (QED) is 0.679. The van der Waals surface area contributed by atoms with Crippen LogP contribution in [0.3, 0.4) is 0 Å². The maximum atomic E-state index is 11.7. The lowest BCUT2D eigenvalue weighted by Crippen LogP contribution is -2.44. The molecule has 2 N–H and O–H groups in total. The van der Waals surface area contributed by atoms with Crippen LogP contribution in [-0.2, 0) is 9.59 Å². The molecular weight excluding hydrogens is 204 g/mol. The Bertz CT molecular complexity index is 249. The van der Waals surface area contributed by atoms with Crippen molar-refractivity contribution in [2.45, 2.75) is 47.5 Å². The lowest BCUT2D eigenvalue weighted by Gasteiger charge is -2.21. The molecule has 16 heavy (non-hydrogen) atoms. The number of hydrogen-bond donors (Lipinski definition) is 2. The maximum absolute atomic E-state index is 11.7. The monoisotopic (exact) mass is 228 g/mol. The van der Waals surface area contributed by atoms with Crippen LogP contribution in [0, 0.1) is 11.3 Å². The van der Waals surface area contributed by atoms with Crippen molar-refractivity contribution in [2.24, 2.45) is 11.3 Å². The minimum atomic E-state index is -0.374. The van der Waals surface area contributed by atoms with Crippen molar-refractivity contribution < 1.29 is 9.59 Å². The van der Waals surface area contributed by atoms with Gasteiger partial charge in [0.15, 0.2) is 0 Å². The van der Waals surface area contributed by atoms with Gasteiger partial charge in [0.25, 0.3) is 0 Å². The van der Waals surface area contributed by atoms with Crippen LogP contribution in [0.2, 0.25) is 0 Å². The molecule has 4 nitrogen and oxygen atoms in total. The van der Waals surface area contributed by atoms with E-state index in [0.29, 0.717) is 0 Å². The van der Waals surface area contributed by atoms with Gasteiger partial charge < -0.3 is 10.6 Å². The van der Waals surface area contributed by atoms with E-state index in [2.05, 4.69) is 10.6 Å². The Morgan fingerprint density at radius 2 is 1.75 bits per heavy atom. The molecule has 0 bridgehead atoms. The largest absolute Gasteiger partial charge is 0.338 e. The molecule has 0 aliphatic carbocycles. The molecule has 0 aliphatic rings. The lowest BCUT2D eigenvalue weighted by molar-refractivity contribution is -0.130. The number of amides is 2. The van der Waals surface area contributed by atoms with Crippen LogP contribution in [0.15, 0.2) is 0 Å². The molecule has 94 valence electrons. The van der Waals surface area contributed by atoms with E-state index >= 15 is 0 Å². The van der Waals surface area contributed by atoms with E-state index in [-0.39, 0.29) is 29.8 Å². The van der Waals surface area contributed by atoms with E-state index in [0.717, 1.165) is 12.8 Å². The molecular formula is C12H24N2O2. The van der Waals surface area contributed by atoms with Crippen LogP contribution < -0.4 is 10.6 Å². The second-order valence-corrected chi connectivity index (χ2v) is 4.77. The van der Waals surface area contributed by atoms with Gasteiger partial charge in [-0.3, -0.25) is 9.59 Å². The van der Waals surface area contributed by atoms with Gasteiger partial charge in [-0.05, 0) is 12.8 Å². The first-order chi connectivity index (χ1) is 7.35. The maximum Gasteiger partial charge on any atom is 0.227 e. The third-order valence-electron chi connectivity index (χ3n) is 3.07. The van der Waals surface area contributed by atoms with Gasteiger partial charge in [-0.1, -0.05) is 34.6 Å². The van der Waals surface area contributed by atoms with Crippen molar-refractivity contribution in [3.8, 4) is 0 Å². The molecule has 4 heteroatoms. The van der Waals surface area contributed by atoms with Crippen LogP contribution in [-0.4, -0.2) is 18.5 Å². The summed E-state index contributed by atoms with van der Waals surface area (Å²) in [6.07, 6.45) is 1.58. The Kier molecular flexibility index (Phi) is 6.08. The van der Waals surface area contributed by atoms with Gasteiger partial charge in [-0.15, -0.1) is 0 Å². The van der Waals surface area contributed by atoms with Gasteiger partial charge in [0.05, 0.1) is 6.67 Å². The molecule has 0 rings (SSSR count). The molecule has 1 atom stereocenters. The van der Waals surface area contributed by atoms with Crippen LogP contribution in [0.1, 0.15) is 47.5 Å². The Morgan fingerprint density at radius 3 is 2.19 bits per heavy atom. The van der Waals surface area contributed by atoms with Gasteiger partial charge in [0, 0.05) is 11.3 Å². The predicted molar refractivity (Wildman–Crippen MR) is 64.7 cm³/mol. The van der Waals surface area contributed by atoms with Crippen LogP contribution in [0.25, 0.3) is 0 Å². The van der Waals surface area contributed by atoms with Crippen molar-refractivity contribution in [1.82, 2.24) is 10.6 Å². The zero-order valence-electron chi connectivity index (χ0n) is 11.0. The Labute approximate surface area is 98.2 Å². The first-order valence-corrected chi connectivity index (χ1v) is 5.91. The molecule has 0 fully saturated rings. The van der Waals surface area contributed by atoms with Crippen LogP contribution in [0.5, 0.6) is 0 Å². The number of rotatable bonds is 6. The average molecular weight is 228 g/mol. The van der Waals surface area contributed by atoms with E-state index in [1.54, 1.807) is 0 Å². The van der Waals surface area contributed by atoms with Gasteiger partial charge in [0.1, 0.15) is 0 Å². The number of carbonyl (C=O) groups excluding carboxylic acids is 2. The SMILES string of the molecule is CCC(C)C(=O)NCNC(=O)C(C)(C)CC. The molecule has 0 saturated carbocycles. The number of carbonyl (C=O) groups is 2. The molecule has 1 unspecified atom stereocenters. The smallest absolute Gasteiger partial charge is 0.227 e. The molecule has 2 amide bonds. The van der Waals surface area contributed by atoms with Crippen molar-refractivity contribution in [3.05, 3.63) is 0 Å². The first kappa shape index (κ1) is 14.9. The number of hydrogen-bond acceptors (Lipinski definition) is 2. The summed E-state index contributed by atoms with van der Waals surface area (Å²) in [5.74, 6) is -0.0485. The standard InChI is InChI=1S/C12H24N2O2/c1-6-9(3)10(15)13-8-14-11(16)12(4,5)7-2/h9H,6-8H2,1-5H3,(H,13,15)(H,14,16). The Hall–Kier alpha value is -1.06. The summed E-state index contributed by atoms with van der Waals surface area (Å²) in [5.41, 5.74) is -0.374. The van der Waals surface area contributed by atoms with Crippen molar-refractivity contribution in [3.63, 3.8) is 0 Å². The fraction of sp³-hybridized carbons (Fsp3) is 0.833. The number of nitrogens with one attached hydrogen (secondary N) is 2. The summed E-state index contributed by atoms with van der Waals surface area (Å²) in [6.45, 7) is 9.79. The Morgan fingerprint density at radius 1 is 1.19 bits per heavy atom. The second kappa shape index (κ2) is 6.51. The van der Waals surface area contributed by atoms with E-state index in [1.165, 1.54) is 0 Å². The van der Waals surface area contributed by atoms with Gasteiger partial charge >= 0.3 is 0 Å². The van der Waals surface area contributed by atoms with E-state index in [9.17, 15) is 9.59 Å². The summed E-state index contributed by atoms with van der Waals surface area (Å²) in [5, 5.41) is 5.40. The van der Waals surface area contributed by atoms with Gasteiger partial charge in [-0.2, -0.15) is 0 Å². The molecule has 0 aromatic rings. The molecule has 0 aromatic heterocycles. The van der Waals surface area contributed by atoms with Crippen molar-refractivity contribution in [1.29, 1.82) is 0 Å². The first-order valence-electron chi connectivity index (χ1n) is 5.91. The predicted octanol–water partition coefficient (Wildman–Crippen LogP) is 1.66. The molecule has 0 radical (unpaired) electrons. The van der Waals surface area contributed by atoms with E-state index < -0.39 is 0 Å². The van der Waals surface area contributed by atoms with Gasteiger partial charge in [-0.25, -0.2) is 0 Å². The second-order valence-electron chi connectivity index (χ2n) is 4.77.